The van der Waals surface area contributed by atoms with Crippen LogP contribution in [-0.4, -0.2) is 55.9 Å². The Morgan fingerprint density at radius 3 is 2.63 bits per heavy atom. The van der Waals surface area contributed by atoms with E-state index >= 15 is 0 Å². The summed E-state index contributed by atoms with van der Waals surface area (Å²) in [5.41, 5.74) is 0. The first kappa shape index (κ1) is 14.4. The zero-order valence-electron chi connectivity index (χ0n) is 11.0. The summed E-state index contributed by atoms with van der Waals surface area (Å²) in [5.74, 6) is 2.62. The van der Waals surface area contributed by atoms with E-state index in [1.807, 2.05) is 0 Å². The van der Waals surface area contributed by atoms with Gasteiger partial charge in [-0.15, -0.1) is 6.42 Å². The molecule has 0 bridgehead atoms. The zero-order valence-corrected chi connectivity index (χ0v) is 11.8. The van der Waals surface area contributed by atoms with Gasteiger partial charge in [0.1, 0.15) is 0 Å². The van der Waals surface area contributed by atoms with E-state index in [9.17, 15) is 13.2 Å². The molecule has 1 unspecified atom stereocenters. The van der Waals surface area contributed by atoms with Gasteiger partial charge in [0, 0.05) is 25.0 Å². The first-order valence-electron chi connectivity index (χ1n) is 6.68. The van der Waals surface area contributed by atoms with Crippen LogP contribution in [0, 0.1) is 12.3 Å². The molecule has 0 aromatic carbocycles. The second-order valence-corrected chi connectivity index (χ2v) is 7.49. The number of hydrogen-bond acceptors (Lipinski definition) is 4. The predicted octanol–water partition coefficient (Wildman–Crippen LogP) is -0.223. The number of hydrogen-bond donors (Lipinski definition) is 1. The van der Waals surface area contributed by atoms with Gasteiger partial charge in [-0.1, -0.05) is 5.92 Å². The SMILES string of the molecule is C#CCN(C(=O)CCNC1CC1)C1CCS(=O)(=O)C1. The van der Waals surface area contributed by atoms with E-state index in [1.165, 1.54) is 12.8 Å². The van der Waals surface area contributed by atoms with Crippen LogP contribution in [0.5, 0.6) is 0 Å². The Bertz CT molecular complexity index is 477. The van der Waals surface area contributed by atoms with Crippen molar-refractivity contribution >= 4 is 15.7 Å². The summed E-state index contributed by atoms with van der Waals surface area (Å²) < 4.78 is 23.0. The summed E-state index contributed by atoms with van der Waals surface area (Å²) in [6.45, 7) is 0.840. The quantitative estimate of drug-likeness (QED) is 0.685. The molecule has 0 spiro atoms. The molecule has 1 aliphatic carbocycles. The van der Waals surface area contributed by atoms with Gasteiger partial charge < -0.3 is 10.2 Å². The number of carbonyl (C=O) groups is 1. The van der Waals surface area contributed by atoms with E-state index in [-0.39, 0.29) is 30.0 Å². The first-order chi connectivity index (χ1) is 9.02. The molecule has 1 saturated carbocycles. The van der Waals surface area contributed by atoms with Crippen molar-refractivity contribution < 1.29 is 13.2 Å². The van der Waals surface area contributed by atoms with E-state index in [0.717, 1.165) is 0 Å². The van der Waals surface area contributed by atoms with Crippen molar-refractivity contribution in [2.75, 3.05) is 24.6 Å². The van der Waals surface area contributed by atoms with E-state index in [4.69, 9.17) is 6.42 Å². The lowest BCUT2D eigenvalue weighted by atomic mass is 10.2. The largest absolute Gasteiger partial charge is 0.327 e. The molecule has 2 rings (SSSR count). The molecular weight excluding hydrogens is 264 g/mol. The maximum Gasteiger partial charge on any atom is 0.224 e. The van der Waals surface area contributed by atoms with Gasteiger partial charge in [-0.25, -0.2) is 8.42 Å². The Kier molecular flexibility index (Phi) is 4.48. The summed E-state index contributed by atoms with van der Waals surface area (Å²) >= 11 is 0. The van der Waals surface area contributed by atoms with E-state index in [2.05, 4.69) is 11.2 Å². The highest BCUT2D eigenvalue weighted by Crippen LogP contribution is 2.20. The van der Waals surface area contributed by atoms with E-state index < -0.39 is 9.84 Å². The molecule has 1 saturated heterocycles. The topological polar surface area (TPSA) is 66.5 Å². The minimum absolute atomic E-state index is 0.0480. The van der Waals surface area contributed by atoms with Gasteiger partial charge in [0.15, 0.2) is 9.84 Å². The number of carbonyl (C=O) groups excluding carboxylic acids is 1. The van der Waals surface area contributed by atoms with Crippen molar-refractivity contribution in [3.8, 4) is 12.3 Å². The van der Waals surface area contributed by atoms with Crippen LogP contribution in [0.3, 0.4) is 0 Å². The van der Waals surface area contributed by atoms with Crippen molar-refractivity contribution in [3.63, 3.8) is 0 Å². The molecule has 106 valence electrons. The Hall–Kier alpha value is -1.06. The van der Waals surface area contributed by atoms with Gasteiger partial charge in [-0.2, -0.15) is 0 Å². The predicted molar refractivity (Wildman–Crippen MR) is 73.2 cm³/mol. The van der Waals surface area contributed by atoms with Crippen molar-refractivity contribution in [1.82, 2.24) is 10.2 Å². The van der Waals surface area contributed by atoms with Gasteiger partial charge >= 0.3 is 0 Å². The molecule has 1 N–H and O–H groups in total. The Morgan fingerprint density at radius 2 is 2.11 bits per heavy atom. The van der Waals surface area contributed by atoms with E-state index in [0.29, 0.717) is 25.4 Å². The molecular formula is C13H20N2O3S. The third-order valence-electron chi connectivity index (χ3n) is 3.58. The number of amides is 1. The Labute approximate surface area is 114 Å². The third kappa shape index (κ3) is 4.22. The Morgan fingerprint density at radius 1 is 1.37 bits per heavy atom. The zero-order chi connectivity index (χ0) is 13.9. The van der Waals surface area contributed by atoms with Crippen LogP contribution in [0.2, 0.25) is 0 Å². The molecule has 2 fully saturated rings. The van der Waals surface area contributed by atoms with Crippen LogP contribution < -0.4 is 5.32 Å². The summed E-state index contributed by atoms with van der Waals surface area (Å²) in [5, 5.41) is 3.27. The molecule has 5 nitrogen and oxygen atoms in total. The number of nitrogens with zero attached hydrogens (tertiary/aromatic N) is 1. The van der Waals surface area contributed by atoms with Crippen LogP contribution in [0.1, 0.15) is 25.7 Å². The normalized spacial score (nSPS) is 24.9. The fourth-order valence-electron chi connectivity index (χ4n) is 2.35. The molecule has 0 aromatic rings. The summed E-state index contributed by atoms with van der Waals surface area (Å²) in [6, 6.07) is 0.329. The van der Waals surface area contributed by atoms with Crippen molar-refractivity contribution in [2.45, 2.75) is 37.8 Å². The highest BCUT2D eigenvalue weighted by Gasteiger charge is 2.34. The molecule has 1 atom stereocenters. The molecule has 6 heteroatoms. The number of nitrogens with one attached hydrogen (secondary N) is 1. The average molecular weight is 284 g/mol. The standard InChI is InChI=1S/C13H20N2O3S/c1-2-8-15(12-6-9-19(17,18)10-12)13(16)5-7-14-11-3-4-11/h1,11-12,14H,3-10H2. The highest BCUT2D eigenvalue weighted by atomic mass is 32.2. The minimum atomic E-state index is -2.99. The second kappa shape index (κ2) is 5.93. The number of sulfone groups is 1. The van der Waals surface area contributed by atoms with Crippen LogP contribution >= 0.6 is 0 Å². The fourth-order valence-corrected chi connectivity index (χ4v) is 4.09. The van der Waals surface area contributed by atoms with Crippen molar-refractivity contribution in [1.29, 1.82) is 0 Å². The summed E-state index contributed by atoms with van der Waals surface area (Å²) in [6.07, 6.45) is 8.54. The maximum absolute atomic E-state index is 12.1. The molecule has 1 heterocycles. The van der Waals surface area contributed by atoms with Crippen LogP contribution in [0.4, 0.5) is 0 Å². The van der Waals surface area contributed by atoms with Crippen LogP contribution in [0.25, 0.3) is 0 Å². The molecule has 1 amide bonds. The number of rotatable bonds is 6. The molecule has 19 heavy (non-hydrogen) atoms. The molecule has 1 aliphatic heterocycles. The van der Waals surface area contributed by atoms with Crippen molar-refractivity contribution in [3.05, 3.63) is 0 Å². The second-order valence-electron chi connectivity index (χ2n) is 5.26. The third-order valence-corrected chi connectivity index (χ3v) is 5.33. The monoisotopic (exact) mass is 284 g/mol. The van der Waals surface area contributed by atoms with Gasteiger partial charge in [-0.3, -0.25) is 4.79 Å². The van der Waals surface area contributed by atoms with Crippen LogP contribution in [-0.2, 0) is 14.6 Å². The van der Waals surface area contributed by atoms with Gasteiger partial charge in [0.25, 0.3) is 0 Å². The minimum Gasteiger partial charge on any atom is -0.327 e. The van der Waals surface area contributed by atoms with E-state index in [1.54, 1.807) is 4.90 Å². The van der Waals surface area contributed by atoms with Gasteiger partial charge in [-0.05, 0) is 19.3 Å². The fraction of sp³-hybridized carbons (Fsp3) is 0.769. The highest BCUT2D eigenvalue weighted by molar-refractivity contribution is 7.91. The maximum atomic E-state index is 12.1. The van der Waals surface area contributed by atoms with Crippen molar-refractivity contribution in [2.24, 2.45) is 0 Å². The molecule has 2 aliphatic rings. The van der Waals surface area contributed by atoms with Gasteiger partial charge in [0.05, 0.1) is 18.1 Å². The lowest BCUT2D eigenvalue weighted by molar-refractivity contribution is -0.132. The smallest absolute Gasteiger partial charge is 0.224 e. The average Bonchev–Trinajstić information content (AvgIpc) is 3.09. The summed E-state index contributed by atoms with van der Waals surface area (Å²) in [4.78, 5) is 13.7. The Balaban J connectivity index is 1.87. The molecule has 0 aromatic heterocycles. The lowest BCUT2D eigenvalue weighted by Crippen LogP contribution is -2.42. The summed E-state index contributed by atoms with van der Waals surface area (Å²) in [7, 11) is -2.99. The van der Waals surface area contributed by atoms with Crippen LogP contribution in [0.15, 0.2) is 0 Å². The lowest BCUT2D eigenvalue weighted by Gasteiger charge is -2.26. The van der Waals surface area contributed by atoms with Gasteiger partial charge in [0.2, 0.25) is 5.91 Å². The first-order valence-corrected chi connectivity index (χ1v) is 8.51. The molecule has 0 radical (unpaired) electrons. The number of terminal acetylenes is 1.